The van der Waals surface area contributed by atoms with Crippen LogP contribution in [-0.4, -0.2) is 24.9 Å². The lowest BCUT2D eigenvalue weighted by molar-refractivity contribution is -0.120. The van der Waals surface area contributed by atoms with Crippen molar-refractivity contribution in [3.05, 3.63) is 29.8 Å². The number of rotatable bonds is 4. The molecule has 0 radical (unpaired) electrons. The Hall–Kier alpha value is -1.88. The Morgan fingerprint density at radius 1 is 1.37 bits per heavy atom. The van der Waals surface area contributed by atoms with E-state index in [1.54, 1.807) is 12.1 Å². The molecule has 1 aliphatic heterocycles. The third-order valence-corrected chi connectivity index (χ3v) is 3.49. The minimum atomic E-state index is -0.405. The van der Waals surface area contributed by atoms with Gasteiger partial charge in [-0.15, -0.1) is 0 Å². The topological polar surface area (TPSA) is 84.2 Å². The molecule has 0 bridgehead atoms. The molecule has 2 amide bonds. The van der Waals surface area contributed by atoms with Crippen molar-refractivity contribution in [3.63, 3.8) is 0 Å². The molecule has 102 valence electrons. The molecule has 5 heteroatoms. The number of nitrogens with two attached hydrogens (primary N) is 1. The maximum absolute atomic E-state index is 12.2. The van der Waals surface area contributed by atoms with E-state index in [4.69, 9.17) is 5.73 Å². The fourth-order valence-corrected chi connectivity index (χ4v) is 2.37. The van der Waals surface area contributed by atoms with Crippen molar-refractivity contribution in [3.8, 4) is 0 Å². The molecule has 1 aliphatic rings. The molecule has 2 rings (SSSR count). The van der Waals surface area contributed by atoms with Gasteiger partial charge in [-0.1, -0.05) is 25.1 Å². The highest BCUT2D eigenvalue weighted by Crippen LogP contribution is 2.21. The summed E-state index contributed by atoms with van der Waals surface area (Å²) in [7, 11) is 0. The van der Waals surface area contributed by atoms with Crippen molar-refractivity contribution < 1.29 is 9.59 Å². The van der Waals surface area contributed by atoms with Crippen molar-refractivity contribution in [1.29, 1.82) is 0 Å². The van der Waals surface area contributed by atoms with Gasteiger partial charge in [0.2, 0.25) is 11.8 Å². The van der Waals surface area contributed by atoms with E-state index in [0.717, 1.165) is 12.1 Å². The van der Waals surface area contributed by atoms with Crippen LogP contribution in [-0.2, 0) is 16.0 Å². The van der Waals surface area contributed by atoms with Crippen LogP contribution in [0.1, 0.15) is 12.5 Å². The van der Waals surface area contributed by atoms with Crippen molar-refractivity contribution in [2.45, 2.75) is 13.3 Å². The number of hydrogen-bond acceptors (Lipinski definition) is 3. The second kappa shape index (κ2) is 5.84. The van der Waals surface area contributed by atoms with E-state index in [1.807, 2.05) is 12.1 Å². The summed E-state index contributed by atoms with van der Waals surface area (Å²) in [5, 5.41) is 6.10. The second-order valence-electron chi connectivity index (χ2n) is 5.03. The number of carbonyl (C=O) groups is 2. The number of amides is 2. The molecule has 1 saturated heterocycles. The molecule has 1 heterocycles. The maximum Gasteiger partial charge on any atom is 0.229 e. The first-order valence-electron chi connectivity index (χ1n) is 6.45. The number of para-hydroxylation sites is 1. The third kappa shape index (κ3) is 3.32. The molecular formula is C14H19N3O2. The Kier molecular flexibility index (Phi) is 4.16. The van der Waals surface area contributed by atoms with Gasteiger partial charge in [-0.2, -0.15) is 0 Å². The Labute approximate surface area is 112 Å². The quantitative estimate of drug-likeness (QED) is 0.738. The number of anilines is 1. The molecule has 4 N–H and O–H groups in total. The standard InChI is InChI=1S/C14H19N3O2/c1-9-7-16-8-11(9)14(19)17-12-5-3-2-4-10(12)6-13(15)18/h2-5,9,11,16H,6-8H2,1H3,(H2,15,18)(H,17,19). The Morgan fingerprint density at radius 3 is 2.74 bits per heavy atom. The first-order chi connectivity index (χ1) is 9.08. The monoisotopic (exact) mass is 261 g/mol. The predicted octanol–water partition coefficient (Wildman–Crippen LogP) is 0.508. The number of nitrogens with one attached hydrogen (secondary N) is 2. The Bertz CT molecular complexity index is 487. The van der Waals surface area contributed by atoms with E-state index in [-0.39, 0.29) is 18.2 Å². The number of primary amides is 1. The minimum Gasteiger partial charge on any atom is -0.369 e. The van der Waals surface area contributed by atoms with E-state index < -0.39 is 5.91 Å². The van der Waals surface area contributed by atoms with Crippen LogP contribution in [0, 0.1) is 11.8 Å². The molecule has 2 unspecified atom stereocenters. The average molecular weight is 261 g/mol. The Balaban J connectivity index is 2.10. The van der Waals surface area contributed by atoms with Crippen LogP contribution >= 0.6 is 0 Å². The van der Waals surface area contributed by atoms with E-state index in [9.17, 15) is 9.59 Å². The van der Waals surface area contributed by atoms with Crippen LogP contribution in [0.15, 0.2) is 24.3 Å². The largest absolute Gasteiger partial charge is 0.369 e. The molecule has 0 aromatic heterocycles. The number of benzene rings is 1. The summed E-state index contributed by atoms with van der Waals surface area (Å²) in [4.78, 5) is 23.2. The van der Waals surface area contributed by atoms with Gasteiger partial charge in [0.25, 0.3) is 0 Å². The van der Waals surface area contributed by atoms with Gasteiger partial charge >= 0.3 is 0 Å². The molecule has 1 fully saturated rings. The molecule has 0 saturated carbocycles. The van der Waals surface area contributed by atoms with Crippen LogP contribution in [0.2, 0.25) is 0 Å². The van der Waals surface area contributed by atoms with Crippen molar-refractivity contribution >= 4 is 17.5 Å². The highest BCUT2D eigenvalue weighted by atomic mass is 16.2. The summed E-state index contributed by atoms with van der Waals surface area (Å²) in [5.74, 6) is -0.114. The molecular weight excluding hydrogens is 242 g/mol. The van der Waals surface area contributed by atoms with Gasteiger partial charge in [0, 0.05) is 12.2 Å². The summed E-state index contributed by atoms with van der Waals surface area (Å²) >= 11 is 0. The van der Waals surface area contributed by atoms with Crippen LogP contribution in [0.25, 0.3) is 0 Å². The molecule has 1 aromatic carbocycles. The lowest BCUT2D eigenvalue weighted by Gasteiger charge is -2.16. The maximum atomic E-state index is 12.2. The first kappa shape index (κ1) is 13.5. The summed E-state index contributed by atoms with van der Waals surface area (Å²) in [6.45, 7) is 3.62. The van der Waals surface area contributed by atoms with E-state index in [0.29, 0.717) is 18.2 Å². The summed E-state index contributed by atoms with van der Waals surface area (Å²) in [6.07, 6.45) is 0.134. The zero-order chi connectivity index (χ0) is 13.8. The zero-order valence-corrected chi connectivity index (χ0v) is 11.0. The fraction of sp³-hybridized carbons (Fsp3) is 0.429. The van der Waals surface area contributed by atoms with Crippen molar-refractivity contribution in [1.82, 2.24) is 5.32 Å². The highest BCUT2D eigenvalue weighted by molar-refractivity contribution is 5.94. The molecule has 19 heavy (non-hydrogen) atoms. The van der Waals surface area contributed by atoms with E-state index in [1.165, 1.54) is 0 Å². The third-order valence-electron chi connectivity index (χ3n) is 3.49. The predicted molar refractivity (Wildman–Crippen MR) is 73.5 cm³/mol. The normalized spacial score (nSPS) is 22.2. The second-order valence-corrected chi connectivity index (χ2v) is 5.03. The Morgan fingerprint density at radius 2 is 2.11 bits per heavy atom. The summed E-state index contributed by atoms with van der Waals surface area (Å²) < 4.78 is 0. The summed E-state index contributed by atoms with van der Waals surface area (Å²) in [6, 6.07) is 7.25. The summed E-state index contributed by atoms with van der Waals surface area (Å²) in [5.41, 5.74) is 6.63. The fourth-order valence-electron chi connectivity index (χ4n) is 2.37. The molecule has 1 aromatic rings. The molecule has 0 spiro atoms. The average Bonchev–Trinajstić information content (AvgIpc) is 2.77. The molecule has 0 aliphatic carbocycles. The number of carbonyl (C=O) groups excluding carboxylic acids is 2. The number of hydrogen-bond donors (Lipinski definition) is 3. The van der Waals surface area contributed by atoms with Crippen molar-refractivity contribution in [2.24, 2.45) is 17.6 Å². The zero-order valence-electron chi connectivity index (χ0n) is 11.0. The van der Waals surface area contributed by atoms with Gasteiger partial charge in [-0.25, -0.2) is 0 Å². The van der Waals surface area contributed by atoms with Gasteiger partial charge in [0.1, 0.15) is 0 Å². The molecule has 5 nitrogen and oxygen atoms in total. The van der Waals surface area contributed by atoms with Gasteiger partial charge in [0.05, 0.1) is 12.3 Å². The van der Waals surface area contributed by atoms with Gasteiger partial charge in [-0.05, 0) is 24.1 Å². The lowest BCUT2D eigenvalue weighted by atomic mass is 9.97. The van der Waals surface area contributed by atoms with Crippen LogP contribution in [0.4, 0.5) is 5.69 Å². The van der Waals surface area contributed by atoms with E-state index in [2.05, 4.69) is 17.6 Å². The van der Waals surface area contributed by atoms with E-state index >= 15 is 0 Å². The van der Waals surface area contributed by atoms with Crippen molar-refractivity contribution in [2.75, 3.05) is 18.4 Å². The minimum absolute atomic E-state index is 0.00517. The lowest BCUT2D eigenvalue weighted by Crippen LogP contribution is -2.28. The van der Waals surface area contributed by atoms with Gasteiger partial charge < -0.3 is 16.4 Å². The smallest absolute Gasteiger partial charge is 0.229 e. The van der Waals surface area contributed by atoms with Crippen LogP contribution in [0.3, 0.4) is 0 Å². The van der Waals surface area contributed by atoms with Crippen LogP contribution in [0.5, 0.6) is 0 Å². The highest BCUT2D eigenvalue weighted by Gasteiger charge is 2.29. The SMILES string of the molecule is CC1CNCC1C(=O)Nc1ccccc1CC(N)=O. The molecule has 2 atom stereocenters. The van der Waals surface area contributed by atoms with Gasteiger partial charge in [-0.3, -0.25) is 9.59 Å². The van der Waals surface area contributed by atoms with Crippen LogP contribution < -0.4 is 16.4 Å². The van der Waals surface area contributed by atoms with Gasteiger partial charge in [0.15, 0.2) is 0 Å². The first-order valence-corrected chi connectivity index (χ1v) is 6.45.